The molecule has 0 N–H and O–H groups in total. The molecule has 0 atom stereocenters. The Hall–Kier alpha value is -3.26. The van der Waals surface area contributed by atoms with Crippen LogP contribution in [0.3, 0.4) is 0 Å². The standard InChI is InChI=1S/C35H38ClN3O3S/c1-3-23-9-8-10-24(4-2)31(23)39-32(26-15-19-42-20-16-26)28(34(40)38-17-6-5-7-18-38)21-29(35(39)41)33-37-30(22-43-33)25-11-13-27(36)14-12-25/h8-14,21-22,26H,3-7,15-20H2,1-2H3. The number of piperidine rings is 1. The van der Waals surface area contributed by atoms with Crippen molar-refractivity contribution in [2.75, 3.05) is 26.3 Å². The summed E-state index contributed by atoms with van der Waals surface area (Å²) in [5, 5.41) is 3.24. The highest BCUT2D eigenvalue weighted by Crippen LogP contribution is 2.36. The highest BCUT2D eigenvalue weighted by molar-refractivity contribution is 7.13. The Labute approximate surface area is 262 Å². The van der Waals surface area contributed by atoms with Gasteiger partial charge in [-0.3, -0.25) is 14.2 Å². The molecule has 0 unspecified atom stereocenters. The molecule has 6 rings (SSSR count). The van der Waals surface area contributed by atoms with Gasteiger partial charge in [-0.05, 0) is 74.3 Å². The van der Waals surface area contributed by atoms with Gasteiger partial charge in [-0.2, -0.15) is 0 Å². The minimum absolute atomic E-state index is 0.0118. The maximum Gasteiger partial charge on any atom is 0.265 e. The Morgan fingerprint density at radius 2 is 1.67 bits per heavy atom. The van der Waals surface area contributed by atoms with Crippen LogP contribution in [0.15, 0.2) is 58.7 Å². The number of benzene rings is 2. The van der Waals surface area contributed by atoms with Crippen LogP contribution in [-0.2, 0) is 17.6 Å². The van der Waals surface area contributed by atoms with Gasteiger partial charge in [0.05, 0.1) is 22.5 Å². The Kier molecular flexibility index (Phi) is 9.12. The van der Waals surface area contributed by atoms with Crippen molar-refractivity contribution in [3.63, 3.8) is 0 Å². The van der Waals surface area contributed by atoms with Crippen LogP contribution in [0.2, 0.25) is 5.02 Å². The lowest BCUT2D eigenvalue weighted by molar-refractivity contribution is 0.0708. The van der Waals surface area contributed by atoms with Crippen LogP contribution in [0.5, 0.6) is 0 Å². The molecule has 0 saturated carbocycles. The fourth-order valence-corrected chi connectivity index (χ4v) is 7.43. The number of aromatic nitrogens is 2. The number of para-hydroxylation sites is 1. The number of aryl methyl sites for hydroxylation is 2. The first-order valence-electron chi connectivity index (χ1n) is 15.5. The predicted octanol–water partition coefficient (Wildman–Crippen LogP) is 7.93. The summed E-state index contributed by atoms with van der Waals surface area (Å²) in [5.74, 6) is 0.0486. The topological polar surface area (TPSA) is 64.4 Å². The third-order valence-corrected chi connectivity index (χ3v) is 9.91. The summed E-state index contributed by atoms with van der Waals surface area (Å²) in [6, 6.07) is 15.7. The highest BCUT2D eigenvalue weighted by Gasteiger charge is 2.32. The number of ether oxygens (including phenoxy) is 1. The van der Waals surface area contributed by atoms with E-state index < -0.39 is 0 Å². The maximum absolute atomic E-state index is 14.9. The molecule has 2 aromatic carbocycles. The number of halogens is 1. The number of carbonyl (C=O) groups is 1. The Bertz CT molecular complexity index is 1640. The molecule has 4 aromatic rings. The van der Waals surface area contributed by atoms with Crippen LogP contribution < -0.4 is 5.56 Å². The van der Waals surface area contributed by atoms with Crippen LogP contribution in [0, 0.1) is 0 Å². The Balaban J connectivity index is 1.63. The van der Waals surface area contributed by atoms with E-state index in [0.717, 1.165) is 91.8 Å². The number of rotatable bonds is 7. The molecule has 43 heavy (non-hydrogen) atoms. The molecular weight excluding hydrogens is 578 g/mol. The average molecular weight is 616 g/mol. The molecule has 0 radical (unpaired) electrons. The first-order chi connectivity index (χ1) is 21.0. The second-order valence-corrected chi connectivity index (χ2v) is 12.7. The van der Waals surface area contributed by atoms with Crippen LogP contribution in [0.4, 0.5) is 0 Å². The summed E-state index contributed by atoms with van der Waals surface area (Å²) in [6.45, 7) is 6.96. The van der Waals surface area contributed by atoms with Crippen molar-refractivity contribution in [3.05, 3.63) is 91.7 Å². The minimum Gasteiger partial charge on any atom is -0.381 e. The maximum atomic E-state index is 14.9. The van der Waals surface area contributed by atoms with Crippen molar-refractivity contribution in [2.24, 2.45) is 0 Å². The zero-order chi connectivity index (χ0) is 29.9. The van der Waals surface area contributed by atoms with E-state index in [4.69, 9.17) is 21.3 Å². The first kappa shape index (κ1) is 29.8. The number of pyridine rings is 1. The van der Waals surface area contributed by atoms with Crippen molar-refractivity contribution in [1.29, 1.82) is 0 Å². The zero-order valence-electron chi connectivity index (χ0n) is 24.9. The minimum atomic E-state index is -0.121. The molecule has 2 aliphatic rings. The van der Waals surface area contributed by atoms with E-state index in [0.29, 0.717) is 34.4 Å². The van der Waals surface area contributed by atoms with Crippen molar-refractivity contribution < 1.29 is 9.53 Å². The van der Waals surface area contributed by atoms with Crippen molar-refractivity contribution in [3.8, 4) is 27.5 Å². The summed E-state index contributed by atoms with van der Waals surface area (Å²) in [7, 11) is 0. The van der Waals surface area contributed by atoms with E-state index in [1.165, 1.54) is 11.3 Å². The van der Waals surface area contributed by atoms with Gasteiger partial charge in [0.1, 0.15) is 5.01 Å². The zero-order valence-corrected chi connectivity index (χ0v) is 26.5. The van der Waals surface area contributed by atoms with Crippen LogP contribution >= 0.6 is 22.9 Å². The number of hydrogen-bond acceptors (Lipinski definition) is 5. The molecule has 6 nitrogen and oxygen atoms in total. The van der Waals surface area contributed by atoms with Crippen molar-refractivity contribution >= 4 is 28.8 Å². The molecule has 224 valence electrons. The number of hydrogen-bond donors (Lipinski definition) is 0. The predicted molar refractivity (Wildman–Crippen MR) is 175 cm³/mol. The molecule has 2 fully saturated rings. The lowest BCUT2D eigenvalue weighted by atomic mass is 9.89. The second kappa shape index (κ2) is 13.2. The molecule has 2 aliphatic heterocycles. The normalized spacial score (nSPS) is 16.0. The fraction of sp³-hybridized carbons (Fsp3) is 0.400. The third-order valence-electron chi connectivity index (χ3n) is 8.78. The van der Waals surface area contributed by atoms with E-state index in [1.54, 1.807) is 0 Å². The smallest absolute Gasteiger partial charge is 0.265 e. The largest absolute Gasteiger partial charge is 0.381 e. The third kappa shape index (κ3) is 5.95. The molecular formula is C35H38ClN3O3S. The molecule has 8 heteroatoms. The Morgan fingerprint density at radius 1 is 1.00 bits per heavy atom. The quantitative estimate of drug-likeness (QED) is 0.212. The molecule has 1 amide bonds. The number of carbonyl (C=O) groups excluding carboxylic acids is 1. The molecule has 2 aromatic heterocycles. The summed E-state index contributed by atoms with van der Waals surface area (Å²) < 4.78 is 7.66. The summed E-state index contributed by atoms with van der Waals surface area (Å²) in [4.78, 5) is 36.2. The SMILES string of the molecule is CCc1cccc(CC)c1-n1c(C2CCOCC2)c(C(=O)N2CCCCC2)cc(-c2nc(-c3ccc(Cl)cc3)cs2)c1=O. The summed E-state index contributed by atoms with van der Waals surface area (Å²) >= 11 is 7.57. The van der Waals surface area contributed by atoms with E-state index >= 15 is 0 Å². The van der Waals surface area contributed by atoms with Crippen molar-refractivity contribution in [1.82, 2.24) is 14.5 Å². The van der Waals surface area contributed by atoms with E-state index in [-0.39, 0.29) is 17.4 Å². The number of nitrogens with zero attached hydrogens (tertiary/aromatic N) is 3. The second-order valence-electron chi connectivity index (χ2n) is 11.4. The summed E-state index contributed by atoms with van der Waals surface area (Å²) in [6.07, 6.45) is 6.24. The monoisotopic (exact) mass is 615 g/mol. The van der Waals surface area contributed by atoms with Gasteiger partial charge in [-0.15, -0.1) is 11.3 Å². The van der Waals surface area contributed by atoms with E-state index in [9.17, 15) is 9.59 Å². The van der Waals surface area contributed by atoms with E-state index in [1.807, 2.05) is 45.2 Å². The Morgan fingerprint density at radius 3 is 2.33 bits per heavy atom. The molecule has 2 saturated heterocycles. The summed E-state index contributed by atoms with van der Waals surface area (Å²) in [5.41, 5.74) is 6.64. The van der Waals surface area contributed by atoms with Crippen LogP contribution in [0.25, 0.3) is 27.5 Å². The van der Waals surface area contributed by atoms with Gasteiger partial charge in [-0.25, -0.2) is 4.98 Å². The number of amides is 1. The average Bonchev–Trinajstić information content (AvgIpc) is 3.55. The lowest BCUT2D eigenvalue weighted by Crippen LogP contribution is -2.39. The van der Waals surface area contributed by atoms with Gasteiger partial charge >= 0.3 is 0 Å². The lowest BCUT2D eigenvalue weighted by Gasteiger charge is -2.32. The molecule has 0 spiro atoms. The van der Waals surface area contributed by atoms with E-state index in [2.05, 4.69) is 32.0 Å². The number of likely N-dealkylation sites (tertiary alicyclic amines) is 1. The highest BCUT2D eigenvalue weighted by atomic mass is 35.5. The molecule has 4 heterocycles. The molecule has 0 bridgehead atoms. The van der Waals surface area contributed by atoms with Gasteiger partial charge < -0.3 is 9.64 Å². The number of thiazole rings is 1. The van der Waals surface area contributed by atoms with Gasteiger partial charge in [0.25, 0.3) is 11.5 Å². The van der Waals surface area contributed by atoms with Gasteiger partial charge in [-0.1, -0.05) is 55.8 Å². The van der Waals surface area contributed by atoms with Gasteiger partial charge in [0.2, 0.25) is 0 Å². The fourth-order valence-electron chi connectivity index (χ4n) is 6.47. The van der Waals surface area contributed by atoms with Crippen LogP contribution in [-0.4, -0.2) is 46.7 Å². The van der Waals surface area contributed by atoms with Crippen LogP contribution in [0.1, 0.15) is 79.0 Å². The van der Waals surface area contributed by atoms with Crippen molar-refractivity contribution in [2.45, 2.75) is 64.7 Å². The molecule has 0 aliphatic carbocycles. The van der Waals surface area contributed by atoms with Gasteiger partial charge in [0, 0.05) is 53.9 Å². The first-order valence-corrected chi connectivity index (χ1v) is 16.8. The van der Waals surface area contributed by atoms with Gasteiger partial charge in [0.15, 0.2) is 0 Å².